The summed E-state index contributed by atoms with van der Waals surface area (Å²) in [7, 11) is 0. The molecule has 4 rings (SSSR count). The van der Waals surface area contributed by atoms with E-state index in [4.69, 9.17) is 0 Å². The van der Waals surface area contributed by atoms with Gasteiger partial charge in [-0.05, 0) is 38.3 Å². The van der Waals surface area contributed by atoms with E-state index < -0.39 is 0 Å². The zero-order valence-electron chi connectivity index (χ0n) is 15.3. The van der Waals surface area contributed by atoms with Gasteiger partial charge in [0.05, 0.1) is 5.69 Å². The Bertz CT molecular complexity index is 919. The van der Waals surface area contributed by atoms with Gasteiger partial charge in [-0.25, -0.2) is 4.98 Å². The van der Waals surface area contributed by atoms with Crippen LogP contribution in [0.2, 0.25) is 0 Å². The minimum absolute atomic E-state index is 0.0360. The minimum atomic E-state index is 0.0360. The van der Waals surface area contributed by atoms with Crippen LogP contribution < -0.4 is 0 Å². The highest BCUT2D eigenvalue weighted by Gasteiger charge is 2.26. The maximum absolute atomic E-state index is 12.7. The van der Waals surface area contributed by atoms with Gasteiger partial charge in [-0.15, -0.1) is 0 Å². The normalized spacial score (nSPS) is 15.7. The Balaban J connectivity index is 1.41. The van der Waals surface area contributed by atoms with Gasteiger partial charge in [-0.3, -0.25) is 14.5 Å². The number of piperidine rings is 1. The number of likely N-dealkylation sites (tertiary alicyclic amines) is 1. The molecule has 0 saturated carbocycles. The fraction of sp³-hybridized carbons (Fsp3) is 0.474. The Morgan fingerprint density at radius 2 is 2.15 bits per heavy atom. The van der Waals surface area contributed by atoms with Crippen molar-refractivity contribution in [3.05, 3.63) is 41.6 Å². The summed E-state index contributed by atoms with van der Waals surface area (Å²) in [4.78, 5) is 26.9. The van der Waals surface area contributed by atoms with Crippen LogP contribution in [-0.2, 0) is 6.54 Å². The molecule has 1 aliphatic rings. The number of hydrogen-bond acceptors (Lipinski definition) is 4. The average molecular weight is 352 g/mol. The first-order valence-corrected chi connectivity index (χ1v) is 9.29. The summed E-state index contributed by atoms with van der Waals surface area (Å²) < 4.78 is 1.84. The van der Waals surface area contributed by atoms with E-state index >= 15 is 0 Å². The van der Waals surface area contributed by atoms with Crippen molar-refractivity contribution in [2.24, 2.45) is 0 Å². The molecule has 0 bridgehead atoms. The maximum Gasteiger partial charge on any atom is 0.274 e. The highest BCUT2D eigenvalue weighted by atomic mass is 16.2. The van der Waals surface area contributed by atoms with Gasteiger partial charge < -0.3 is 9.88 Å². The lowest BCUT2D eigenvalue weighted by molar-refractivity contribution is 0.0705. The summed E-state index contributed by atoms with van der Waals surface area (Å²) in [5, 5.41) is 4.39. The predicted octanol–water partition coefficient (Wildman–Crippen LogP) is 2.89. The van der Waals surface area contributed by atoms with Gasteiger partial charge in [0, 0.05) is 43.6 Å². The van der Waals surface area contributed by atoms with E-state index in [1.54, 1.807) is 6.20 Å². The predicted molar refractivity (Wildman–Crippen MR) is 99.0 cm³/mol. The molecule has 1 aliphatic heterocycles. The number of amides is 1. The smallest absolute Gasteiger partial charge is 0.274 e. The van der Waals surface area contributed by atoms with E-state index in [-0.39, 0.29) is 5.91 Å². The topological polar surface area (TPSA) is 79.7 Å². The van der Waals surface area contributed by atoms with Crippen LogP contribution in [0.15, 0.2) is 24.5 Å². The van der Waals surface area contributed by atoms with Gasteiger partial charge in [-0.1, -0.05) is 6.92 Å². The third-order valence-electron chi connectivity index (χ3n) is 5.01. The summed E-state index contributed by atoms with van der Waals surface area (Å²) in [6.45, 7) is 6.39. The largest absolute Gasteiger partial charge is 0.342 e. The highest BCUT2D eigenvalue weighted by molar-refractivity contribution is 5.92. The van der Waals surface area contributed by atoms with Crippen LogP contribution in [-0.4, -0.2) is 48.6 Å². The number of H-pyrrole nitrogens is 1. The van der Waals surface area contributed by atoms with Crippen molar-refractivity contribution in [3.8, 4) is 0 Å². The lowest BCUT2D eigenvalue weighted by atomic mass is 9.93. The van der Waals surface area contributed by atoms with Crippen LogP contribution in [0.1, 0.15) is 54.0 Å². The second-order valence-electron chi connectivity index (χ2n) is 7.00. The molecule has 1 N–H and O–H groups in total. The second kappa shape index (κ2) is 6.90. The van der Waals surface area contributed by atoms with Crippen molar-refractivity contribution in [1.82, 2.24) is 29.6 Å². The van der Waals surface area contributed by atoms with Crippen LogP contribution in [0.4, 0.5) is 0 Å². The molecule has 3 aromatic heterocycles. The molecule has 1 fully saturated rings. The number of nitrogens with zero attached hydrogens (tertiary/aromatic N) is 5. The molecule has 7 heteroatoms. The summed E-state index contributed by atoms with van der Waals surface area (Å²) in [5.74, 6) is 0.446. The Labute approximate surface area is 152 Å². The number of carbonyl (C=O) groups excluding carboxylic acids is 1. The van der Waals surface area contributed by atoms with Gasteiger partial charge >= 0.3 is 0 Å². The third-order valence-corrected chi connectivity index (χ3v) is 5.01. The molecule has 0 spiro atoms. The average Bonchev–Trinajstić information content (AvgIpc) is 3.28. The van der Waals surface area contributed by atoms with E-state index in [1.165, 1.54) is 5.69 Å². The Morgan fingerprint density at radius 3 is 2.92 bits per heavy atom. The zero-order valence-corrected chi connectivity index (χ0v) is 15.3. The van der Waals surface area contributed by atoms with E-state index in [1.807, 2.05) is 28.8 Å². The zero-order chi connectivity index (χ0) is 18.1. The standard InChI is InChI=1S/C19H24N6O/c1-3-7-25-10-6-15(23-25)19(26)24-8-4-14(5-9-24)16-11-17-18(22-16)21-13(2)12-20-17/h6,10-12,14H,3-5,7-9H2,1-2H3,(H,21,22). The summed E-state index contributed by atoms with van der Waals surface area (Å²) in [6, 6.07) is 3.91. The molecule has 4 heterocycles. The molecule has 1 saturated heterocycles. The number of rotatable bonds is 4. The number of aryl methyl sites for hydroxylation is 2. The van der Waals surface area contributed by atoms with Crippen molar-refractivity contribution in [3.63, 3.8) is 0 Å². The first-order chi connectivity index (χ1) is 12.6. The quantitative estimate of drug-likeness (QED) is 0.783. The molecule has 7 nitrogen and oxygen atoms in total. The minimum Gasteiger partial charge on any atom is -0.342 e. The molecule has 0 radical (unpaired) electrons. The number of aromatic amines is 1. The van der Waals surface area contributed by atoms with Crippen LogP contribution in [0.25, 0.3) is 11.2 Å². The molecule has 136 valence electrons. The van der Waals surface area contributed by atoms with Crippen molar-refractivity contribution in [1.29, 1.82) is 0 Å². The van der Waals surface area contributed by atoms with E-state index in [0.29, 0.717) is 11.6 Å². The maximum atomic E-state index is 12.7. The lowest BCUT2D eigenvalue weighted by Crippen LogP contribution is -2.38. The fourth-order valence-electron chi connectivity index (χ4n) is 3.61. The lowest BCUT2D eigenvalue weighted by Gasteiger charge is -2.31. The van der Waals surface area contributed by atoms with Crippen molar-refractivity contribution in [2.75, 3.05) is 13.1 Å². The summed E-state index contributed by atoms with van der Waals surface area (Å²) in [5.41, 5.74) is 4.38. The first kappa shape index (κ1) is 16.8. The third kappa shape index (κ3) is 3.21. The monoisotopic (exact) mass is 352 g/mol. The molecule has 0 unspecified atom stereocenters. The number of nitrogens with one attached hydrogen (secondary N) is 1. The van der Waals surface area contributed by atoms with Gasteiger partial charge in [-0.2, -0.15) is 5.10 Å². The molecular weight excluding hydrogens is 328 g/mol. The summed E-state index contributed by atoms with van der Waals surface area (Å²) >= 11 is 0. The van der Waals surface area contributed by atoms with Gasteiger partial charge in [0.1, 0.15) is 11.2 Å². The molecule has 0 aliphatic carbocycles. The number of aromatic nitrogens is 5. The fourth-order valence-corrected chi connectivity index (χ4v) is 3.61. The van der Waals surface area contributed by atoms with Crippen molar-refractivity contribution >= 4 is 17.1 Å². The molecule has 26 heavy (non-hydrogen) atoms. The Kier molecular flexibility index (Phi) is 4.44. The van der Waals surface area contributed by atoms with Crippen LogP contribution in [0.3, 0.4) is 0 Å². The van der Waals surface area contributed by atoms with E-state index in [0.717, 1.165) is 55.8 Å². The van der Waals surface area contributed by atoms with Crippen molar-refractivity contribution < 1.29 is 4.79 Å². The molecule has 3 aromatic rings. The highest BCUT2D eigenvalue weighted by Crippen LogP contribution is 2.29. The Morgan fingerprint density at radius 1 is 1.35 bits per heavy atom. The van der Waals surface area contributed by atoms with Gasteiger partial charge in [0.2, 0.25) is 0 Å². The van der Waals surface area contributed by atoms with Crippen molar-refractivity contribution in [2.45, 2.75) is 45.6 Å². The van der Waals surface area contributed by atoms with E-state index in [2.05, 4.69) is 33.0 Å². The van der Waals surface area contributed by atoms with Gasteiger partial charge in [0.15, 0.2) is 5.65 Å². The SMILES string of the molecule is CCCn1ccc(C(=O)N2CCC(c3cc4ncc(C)nc4[nH]3)CC2)n1. The number of carbonyl (C=O) groups is 1. The second-order valence-corrected chi connectivity index (χ2v) is 7.00. The molecule has 0 atom stereocenters. The number of fused-ring (bicyclic) bond motifs is 1. The molecule has 0 aromatic carbocycles. The van der Waals surface area contributed by atoms with Crippen LogP contribution >= 0.6 is 0 Å². The van der Waals surface area contributed by atoms with Crippen LogP contribution in [0, 0.1) is 6.92 Å². The Hall–Kier alpha value is -2.70. The van der Waals surface area contributed by atoms with E-state index in [9.17, 15) is 4.79 Å². The molecule has 1 amide bonds. The summed E-state index contributed by atoms with van der Waals surface area (Å²) in [6.07, 6.45) is 6.56. The molecular formula is C19H24N6O. The number of hydrogen-bond donors (Lipinski definition) is 1. The van der Waals surface area contributed by atoms with Crippen LogP contribution in [0.5, 0.6) is 0 Å². The first-order valence-electron chi connectivity index (χ1n) is 9.29. The van der Waals surface area contributed by atoms with Gasteiger partial charge in [0.25, 0.3) is 5.91 Å².